The predicted molar refractivity (Wildman–Crippen MR) is 94.1 cm³/mol. The van der Waals surface area contributed by atoms with Gasteiger partial charge in [0.25, 0.3) is 0 Å². The number of aromatic nitrogens is 2. The second-order valence-corrected chi connectivity index (χ2v) is 6.41. The maximum Gasteiger partial charge on any atom is 0.225 e. The van der Waals surface area contributed by atoms with E-state index in [1.54, 1.807) is 19.1 Å². The molecule has 25 heavy (non-hydrogen) atoms. The molecule has 1 heterocycles. The lowest BCUT2D eigenvalue weighted by atomic mass is 10.00. The summed E-state index contributed by atoms with van der Waals surface area (Å²) in [5, 5.41) is 11.4. The van der Waals surface area contributed by atoms with Crippen LogP contribution < -0.4 is 20.5 Å². The van der Waals surface area contributed by atoms with Crippen molar-refractivity contribution in [2.24, 2.45) is 0 Å². The van der Waals surface area contributed by atoms with E-state index in [1.165, 1.54) is 32.5 Å². The van der Waals surface area contributed by atoms with Gasteiger partial charge in [0, 0.05) is 5.56 Å². The van der Waals surface area contributed by atoms with Crippen LogP contribution in [0.1, 0.15) is 40.8 Å². The van der Waals surface area contributed by atoms with Gasteiger partial charge in [-0.2, -0.15) is 0 Å². The van der Waals surface area contributed by atoms with Gasteiger partial charge in [0.2, 0.25) is 11.0 Å². The summed E-state index contributed by atoms with van der Waals surface area (Å²) in [6.07, 6.45) is 0.0217. The van der Waals surface area contributed by atoms with Crippen LogP contribution in [0.25, 0.3) is 0 Å². The molecule has 2 aromatic rings. The summed E-state index contributed by atoms with van der Waals surface area (Å²) in [5.74, 6) is 0.486. The fourth-order valence-corrected chi connectivity index (χ4v) is 2.96. The molecule has 1 aromatic heterocycles. The van der Waals surface area contributed by atoms with E-state index in [0.717, 1.165) is 0 Å². The summed E-state index contributed by atoms with van der Waals surface area (Å²) >= 11 is 1.21. The summed E-state index contributed by atoms with van der Waals surface area (Å²) in [7, 11) is 2.99. The highest BCUT2D eigenvalue weighted by molar-refractivity contribution is 7.15. The standard InChI is InChI=1S/C16H20N4O4S/c1-8(15-19-20-16(17)25-15)18-14(22)6-10-5-12(23-3)13(24-4)7-11(10)9(2)21/h5,7-8H,6H2,1-4H3,(H2,17,20)(H,18,22). The number of ether oxygens (including phenoxy) is 2. The highest BCUT2D eigenvalue weighted by Crippen LogP contribution is 2.31. The normalized spacial score (nSPS) is 11.7. The second-order valence-electron chi connectivity index (χ2n) is 5.37. The van der Waals surface area contributed by atoms with Crippen LogP contribution in [0.15, 0.2) is 12.1 Å². The first-order valence-corrected chi connectivity index (χ1v) is 8.31. The van der Waals surface area contributed by atoms with Crippen molar-refractivity contribution in [3.63, 3.8) is 0 Å². The summed E-state index contributed by atoms with van der Waals surface area (Å²) in [6.45, 7) is 3.23. The minimum Gasteiger partial charge on any atom is -0.493 e. The van der Waals surface area contributed by atoms with Gasteiger partial charge in [-0.3, -0.25) is 9.59 Å². The van der Waals surface area contributed by atoms with Crippen LogP contribution in [0.2, 0.25) is 0 Å². The number of nitrogens with one attached hydrogen (secondary N) is 1. The van der Waals surface area contributed by atoms with E-state index in [0.29, 0.717) is 32.8 Å². The van der Waals surface area contributed by atoms with Crippen LogP contribution in [0.3, 0.4) is 0 Å². The molecule has 0 fully saturated rings. The Morgan fingerprint density at radius 3 is 2.40 bits per heavy atom. The van der Waals surface area contributed by atoms with Crippen molar-refractivity contribution in [2.75, 3.05) is 20.0 Å². The second kappa shape index (κ2) is 7.93. The van der Waals surface area contributed by atoms with Gasteiger partial charge in [0.15, 0.2) is 17.3 Å². The third kappa shape index (κ3) is 4.44. The number of nitrogens with two attached hydrogens (primary N) is 1. The Kier molecular flexibility index (Phi) is 5.92. The van der Waals surface area contributed by atoms with Gasteiger partial charge in [-0.25, -0.2) is 0 Å². The van der Waals surface area contributed by atoms with Gasteiger partial charge in [-0.05, 0) is 31.5 Å². The van der Waals surface area contributed by atoms with Crippen LogP contribution in [0.5, 0.6) is 11.5 Å². The number of carbonyl (C=O) groups excluding carboxylic acids is 2. The number of amides is 1. The molecule has 0 spiro atoms. The summed E-state index contributed by atoms with van der Waals surface area (Å²) in [4.78, 5) is 24.3. The third-order valence-corrected chi connectivity index (χ3v) is 4.48. The number of Topliss-reactive ketones (excluding diaryl/α,β-unsaturated/α-hetero) is 1. The first-order valence-electron chi connectivity index (χ1n) is 7.49. The van der Waals surface area contributed by atoms with E-state index in [9.17, 15) is 9.59 Å². The molecule has 0 radical (unpaired) electrons. The van der Waals surface area contributed by atoms with E-state index < -0.39 is 0 Å². The van der Waals surface area contributed by atoms with Gasteiger partial charge >= 0.3 is 0 Å². The Morgan fingerprint density at radius 1 is 1.24 bits per heavy atom. The van der Waals surface area contributed by atoms with Gasteiger partial charge in [0.1, 0.15) is 5.01 Å². The SMILES string of the molecule is COc1cc(CC(=O)NC(C)c2nnc(N)s2)c(C(C)=O)cc1OC. The van der Waals surface area contributed by atoms with Gasteiger partial charge in [-0.15, -0.1) is 10.2 Å². The lowest BCUT2D eigenvalue weighted by Crippen LogP contribution is -2.28. The zero-order valence-electron chi connectivity index (χ0n) is 14.5. The van der Waals surface area contributed by atoms with E-state index in [2.05, 4.69) is 15.5 Å². The maximum absolute atomic E-state index is 12.4. The molecule has 0 aliphatic carbocycles. The largest absolute Gasteiger partial charge is 0.493 e. The fraction of sp³-hybridized carbons (Fsp3) is 0.375. The van der Waals surface area contributed by atoms with Crippen molar-refractivity contribution in [1.29, 1.82) is 0 Å². The predicted octanol–water partition coefficient (Wildman–Crippen LogP) is 1.76. The quantitative estimate of drug-likeness (QED) is 0.719. The molecule has 0 saturated heterocycles. The number of rotatable bonds is 7. The van der Waals surface area contributed by atoms with Crippen LogP contribution >= 0.6 is 11.3 Å². The molecule has 1 unspecified atom stereocenters. The Morgan fingerprint density at radius 2 is 1.88 bits per heavy atom. The molecule has 1 atom stereocenters. The van der Waals surface area contributed by atoms with E-state index in [4.69, 9.17) is 15.2 Å². The van der Waals surface area contributed by atoms with Crippen LogP contribution in [0, 0.1) is 0 Å². The molecular formula is C16H20N4O4S. The van der Waals surface area contributed by atoms with Crippen molar-refractivity contribution >= 4 is 28.2 Å². The lowest BCUT2D eigenvalue weighted by molar-refractivity contribution is -0.121. The molecule has 134 valence electrons. The smallest absolute Gasteiger partial charge is 0.225 e. The minimum atomic E-state index is -0.330. The van der Waals surface area contributed by atoms with Crippen LogP contribution in [0.4, 0.5) is 5.13 Å². The number of nitrogens with zero attached hydrogens (tertiary/aromatic N) is 2. The number of nitrogen functional groups attached to an aromatic ring is 1. The van der Waals surface area contributed by atoms with Crippen molar-refractivity contribution in [3.8, 4) is 11.5 Å². The molecule has 2 rings (SSSR count). The van der Waals surface area contributed by atoms with Crippen LogP contribution in [-0.2, 0) is 11.2 Å². The highest BCUT2D eigenvalue weighted by atomic mass is 32.1. The molecule has 1 aromatic carbocycles. The van der Waals surface area contributed by atoms with Crippen molar-refractivity contribution in [1.82, 2.24) is 15.5 Å². The Labute approximate surface area is 149 Å². The number of anilines is 1. The molecule has 0 aliphatic rings. The Balaban J connectivity index is 2.20. The summed E-state index contributed by atoms with van der Waals surface area (Å²) < 4.78 is 10.5. The minimum absolute atomic E-state index is 0.0217. The first kappa shape index (κ1) is 18.7. The molecule has 0 saturated carbocycles. The number of hydrogen-bond donors (Lipinski definition) is 2. The number of hydrogen-bond acceptors (Lipinski definition) is 8. The highest BCUT2D eigenvalue weighted by Gasteiger charge is 2.19. The zero-order valence-corrected chi connectivity index (χ0v) is 15.3. The molecule has 3 N–H and O–H groups in total. The van der Waals surface area contributed by atoms with E-state index in [-0.39, 0.29) is 24.2 Å². The average molecular weight is 364 g/mol. The molecule has 9 heteroatoms. The Bertz CT molecular complexity index is 790. The Hall–Kier alpha value is -2.68. The molecule has 0 aliphatic heterocycles. The van der Waals surface area contributed by atoms with Crippen LogP contribution in [-0.4, -0.2) is 36.1 Å². The maximum atomic E-state index is 12.4. The van der Waals surface area contributed by atoms with Gasteiger partial charge < -0.3 is 20.5 Å². The zero-order chi connectivity index (χ0) is 18.6. The van der Waals surface area contributed by atoms with E-state index in [1.807, 2.05) is 0 Å². The van der Waals surface area contributed by atoms with Crippen molar-refractivity contribution in [2.45, 2.75) is 26.3 Å². The summed E-state index contributed by atoms with van der Waals surface area (Å²) in [6, 6.07) is 2.89. The number of carbonyl (C=O) groups is 2. The van der Waals surface area contributed by atoms with Crippen molar-refractivity contribution in [3.05, 3.63) is 28.3 Å². The lowest BCUT2D eigenvalue weighted by Gasteiger charge is -2.15. The molecular weight excluding hydrogens is 344 g/mol. The number of ketones is 1. The topological polar surface area (TPSA) is 116 Å². The number of methoxy groups -OCH3 is 2. The van der Waals surface area contributed by atoms with Crippen molar-refractivity contribution < 1.29 is 19.1 Å². The average Bonchev–Trinajstić information content (AvgIpc) is 3.00. The first-order chi connectivity index (χ1) is 11.8. The molecule has 8 nitrogen and oxygen atoms in total. The molecule has 1 amide bonds. The monoisotopic (exact) mass is 364 g/mol. The van der Waals surface area contributed by atoms with Gasteiger partial charge in [-0.1, -0.05) is 11.3 Å². The van der Waals surface area contributed by atoms with Gasteiger partial charge in [0.05, 0.1) is 26.7 Å². The summed E-state index contributed by atoms with van der Waals surface area (Å²) in [5.41, 5.74) is 6.53. The van der Waals surface area contributed by atoms with E-state index >= 15 is 0 Å². The third-order valence-electron chi connectivity index (χ3n) is 3.54. The molecule has 0 bridgehead atoms. The fourth-order valence-electron chi connectivity index (χ4n) is 2.34. The number of benzene rings is 1.